The van der Waals surface area contributed by atoms with E-state index in [9.17, 15) is 4.79 Å². The molecule has 2 heterocycles. The second-order valence-electron chi connectivity index (χ2n) is 9.89. The molecule has 1 atom stereocenters. The van der Waals surface area contributed by atoms with E-state index in [2.05, 4.69) is 30.6 Å². The smallest absolute Gasteiger partial charge is 0.227 e. The van der Waals surface area contributed by atoms with Crippen LogP contribution in [0, 0.1) is 22.7 Å². The van der Waals surface area contributed by atoms with Crippen molar-refractivity contribution < 1.29 is 4.79 Å². The molecule has 0 radical (unpaired) electrons. The molecule has 24 heavy (non-hydrogen) atoms. The Morgan fingerprint density at radius 3 is 1.92 bits per heavy atom. The van der Waals surface area contributed by atoms with Gasteiger partial charge in [0.15, 0.2) is 0 Å². The summed E-state index contributed by atoms with van der Waals surface area (Å²) in [5.74, 6) is 1.95. The summed E-state index contributed by atoms with van der Waals surface area (Å²) in [7, 11) is 0. The van der Waals surface area contributed by atoms with Gasteiger partial charge in [-0.1, -0.05) is 41.5 Å². The number of rotatable bonds is 4. The van der Waals surface area contributed by atoms with Crippen molar-refractivity contribution in [2.24, 2.45) is 22.7 Å². The first-order valence-corrected chi connectivity index (χ1v) is 10.1. The lowest BCUT2D eigenvalue weighted by atomic mass is 9.71. The van der Waals surface area contributed by atoms with Gasteiger partial charge in [0.2, 0.25) is 5.91 Å². The minimum Gasteiger partial charge on any atom is -0.342 e. The third-order valence-electron chi connectivity index (χ3n) is 6.71. The van der Waals surface area contributed by atoms with Crippen LogP contribution in [0.5, 0.6) is 0 Å². The summed E-state index contributed by atoms with van der Waals surface area (Å²) in [5, 5.41) is 0. The molecule has 2 aliphatic rings. The predicted molar refractivity (Wildman–Crippen MR) is 102 cm³/mol. The molecule has 140 valence electrons. The van der Waals surface area contributed by atoms with Gasteiger partial charge >= 0.3 is 0 Å². The van der Waals surface area contributed by atoms with Crippen molar-refractivity contribution in [2.45, 2.75) is 73.6 Å². The number of hydrogen-bond donors (Lipinski definition) is 0. The quantitative estimate of drug-likeness (QED) is 0.759. The normalized spacial score (nSPS) is 23.7. The van der Waals surface area contributed by atoms with Crippen molar-refractivity contribution in [1.82, 2.24) is 9.80 Å². The number of nitrogens with zero attached hydrogens (tertiary/aromatic N) is 2. The molecular formula is C21H40N2O. The Balaban J connectivity index is 1.76. The molecule has 1 spiro atoms. The predicted octanol–water partition coefficient (Wildman–Crippen LogP) is 4.42. The summed E-state index contributed by atoms with van der Waals surface area (Å²) in [4.78, 5) is 17.3. The van der Waals surface area contributed by atoms with Gasteiger partial charge in [-0.15, -0.1) is 0 Å². The monoisotopic (exact) mass is 336 g/mol. The third kappa shape index (κ3) is 4.97. The molecule has 2 fully saturated rings. The van der Waals surface area contributed by atoms with E-state index in [1.807, 2.05) is 20.8 Å². The van der Waals surface area contributed by atoms with Gasteiger partial charge in [-0.05, 0) is 69.0 Å². The Labute approximate surface area is 150 Å². The first-order valence-electron chi connectivity index (χ1n) is 10.1. The van der Waals surface area contributed by atoms with E-state index in [1.54, 1.807) is 0 Å². The van der Waals surface area contributed by atoms with E-state index >= 15 is 0 Å². The fraction of sp³-hybridized carbons (Fsp3) is 0.952. The highest BCUT2D eigenvalue weighted by Crippen LogP contribution is 2.42. The third-order valence-corrected chi connectivity index (χ3v) is 6.71. The summed E-state index contributed by atoms with van der Waals surface area (Å²) in [6, 6.07) is 0. The Kier molecular flexibility index (Phi) is 6.39. The molecule has 1 amide bonds. The summed E-state index contributed by atoms with van der Waals surface area (Å²) >= 11 is 0. The van der Waals surface area contributed by atoms with Crippen LogP contribution in [0.25, 0.3) is 0 Å². The maximum atomic E-state index is 12.5. The summed E-state index contributed by atoms with van der Waals surface area (Å²) in [6.45, 7) is 18.9. The number of carbonyl (C=O) groups excluding carboxylic acids is 1. The number of amides is 1. The van der Waals surface area contributed by atoms with Gasteiger partial charge in [-0.25, -0.2) is 0 Å². The van der Waals surface area contributed by atoms with Crippen LogP contribution in [0.3, 0.4) is 0 Å². The molecule has 0 aromatic rings. The van der Waals surface area contributed by atoms with Gasteiger partial charge in [0.05, 0.1) is 0 Å². The van der Waals surface area contributed by atoms with Gasteiger partial charge in [0.25, 0.3) is 0 Å². The van der Waals surface area contributed by atoms with E-state index in [1.165, 1.54) is 51.7 Å². The van der Waals surface area contributed by atoms with Gasteiger partial charge in [0, 0.05) is 18.5 Å². The van der Waals surface area contributed by atoms with Crippen LogP contribution in [0.4, 0.5) is 0 Å². The standard InChI is InChI=1S/C21H40N2O/c1-17(2)18(3)7-12-22-13-8-21(9-14-22)10-15-23(16-11-21)19(24)20(4,5)6/h17-18H,7-16H2,1-6H3. The average Bonchev–Trinajstić information content (AvgIpc) is 2.53. The molecule has 3 nitrogen and oxygen atoms in total. The zero-order valence-electron chi connectivity index (χ0n) is 17.0. The SMILES string of the molecule is CC(C)C(C)CCN1CCC2(CC1)CCN(C(=O)C(C)(C)C)CC2. The molecule has 1 unspecified atom stereocenters. The van der Waals surface area contributed by atoms with Crippen molar-refractivity contribution in [1.29, 1.82) is 0 Å². The van der Waals surface area contributed by atoms with E-state index < -0.39 is 0 Å². The average molecular weight is 337 g/mol. The van der Waals surface area contributed by atoms with Crippen LogP contribution in [0.2, 0.25) is 0 Å². The van der Waals surface area contributed by atoms with Crippen molar-refractivity contribution in [3.8, 4) is 0 Å². The van der Waals surface area contributed by atoms with Crippen LogP contribution < -0.4 is 0 Å². The van der Waals surface area contributed by atoms with Crippen molar-refractivity contribution in [2.75, 3.05) is 32.7 Å². The van der Waals surface area contributed by atoms with Gasteiger partial charge in [0.1, 0.15) is 0 Å². The van der Waals surface area contributed by atoms with Crippen LogP contribution in [-0.2, 0) is 4.79 Å². The molecular weight excluding hydrogens is 296 g/mol. The van der Waals surface area contributed by atoms with Crippen LogP contribution in [-0.4, -0.2) is 48.4 Å². The molecule has 2 saturated heterocycles. The molecule has 0 N–H and O–H groups in total. The molecule has 2 aliphatic heterocycles. The van der Waals surface area contributed by atoms with Crippen molar-refractivity contribution >= 4 is 5.91 Å². The highest BCUT2D eigenvalue weighted by molar-refractivity contribution is 5.81. The van der Waals surface area contributed by atoms with Crippen LogP contribution in [0.15, 0.2) is 0 Å². The molecule has 0 aliphatic carbocycles. The first kappa shape index (κ1) is 19.8. The summed E-state index contributed by atoms with van der Waals surface area (Å²) in [5.41, 5.74) is 0.288. The highest BCUT2D eigenvalue weighted by Gasteiger charge is 2.39. The van der Waals surface area contributed by atoms with Gasteiger partial charge < -0.3 is 9.80 Å². The Morgan fingerprint density at radius 2 is 1.46 bits per heavy atom. The van der Waals surface area contributed by atoms with Crippen molar-refractivity contribution in [3.05, 3.63) is 0 Å². The lowest BCUT2D eigenvalue weighted by Gasteiger charge is -2.47. The lowest BCUT2D eigenvalue weighted by Crippen LogP contribution is -2.50. The fourth-order valence-electron chi connectivity index (χ4n) is 4.13. The van der Waals surface area contributed by atoms with E-state index in [0.29, 0.717) is 11.3 Å². The van der Waals surface area contributed by atoms with Crippen molar-refractivity contribution in [3.63, 3.8) is 0 Å². The highest BCUT2D eigenvalue weighted by atomic mass is 16.2. The second-order valence-corrected chi connectivity index (χ2v) is 9.89. The minimum atomic E-state index is -0.235. The molecule has 2 rings (SSSR count). The largest absolute Gasteiger partial charge is 0.342 e. The number of hydrogen-bond acceptors (Lipinski definition) is 2. The maximum Gasteiger partial charge on any atom is 0.227 e. The van der Waals surface area contributed by atoms with Gasteiger partial charge in [-0.2, -0.15) is 0 Å². The number of likely N-dealkylation sites (tertiary alicyclic amines) is 2. The van der Waals surface area contributed by atoms with Crippen LogP contribution >= 0.6 is 0 Å². The van der Waals surface area contributed by atoms with E-state index in [0.717, 1.165) is 24.9 Å². The number of carbonyl (C=O) groups is 1. The fourth-order valence-corrected chi connectivity index (χ4v) is 4.13. The van der Waals surface area contributed by atoms with Crippen LogP contribution in [0.1, 0.15) is 73.6 Å². The van der Waals surface area contributed by atoms with E-state index in [-0.39, 0.29) is 5.41 Å². The molecule has 3 heteroatoms. The molecule has 0 bridgehead atoms. The molecule has 0 saturated carbocycles. The zero-order chi connectivity index (χ0) is 18.0. The van der Waals surface area contributed by atoms with E-state index in [4.69, 9.17) is 0 Å². The Bertz CT molecular complexity index is 406. The van der Waals surface area contributed by atoms with Gasteiger partial charge in [-0.3, -0.25) is 4.79 Å². The zero-order valence-corrected chi connectivity index (χ0v) is 17.0. The Morgan fingerprint density at radius 1 is 0.958 bits per heavy atom. The number of piperidine rings is 2. The maximum absolute atomic E-state index is 12.5. The minimum absolute atomic E-state index is 0.235. The molecule has 0 aromatic heterocycles. The molecule has 0 aromatic carbocycles. The summed E-state index contributed by atoms with van der Waals surface area (Å²) < 4.78 is 0. The lowest BCUT2D eigenvalue weighted by molar-refractivity contribution is -0.142. The second kappa shape index (κ2) is 7.76. The Hall–Kier alpha value is -0.570. The summed E-state index contributed by atoms with van der Waals surface area (Å²) in [6.07, 6.45) is 6.43. The first-order chi connectivity index (χ1) is 11.1. The topological polar surface area (TPSA) is 23.6 Å².